The smallest absolute Gasteiger partial charge is 0.278 e. The van der Waals surface area contributed by atoms with Gasteiger partial charge < -0.3 is 24.3 Å². The molecule has 1 aliphatic heterocycles. The zero-order valence-electron chi connectivity index (χ0n) is 15.8. The van der Waals surface area contributed by atoms with Crippen LogP contribution >= 0.6 is 0 Å². The summed E-state index contributed by atoms with van der Waals surface area (Å²) in [5, 5.41) is 10.9. The molecule has 1 aromatic heterocycles. The van der Waals surface area contributed by atoms with Crippen molar-refractivity contribution < 1.29 is 23.7 Å². The Morgan fingerprint density at radius 3 is 2.62 bits per heavy atom. The number of amides is 1. The Morgan fingerprint density at radius 1 is 1.14 bits per heavy atom. The molecule has 0 aliphatic carbocycles. The van der Waals surface area contributed by atoms with Gasteiger partial charge in [-0.1, -0.05) is 5.21 Å². The number of anilines is 1. The van der Waals surface area contributed by atoms with Crippen LogP contribution in [0.1, 0.15) is 0 Å². The van der Waals surface area contributed by atoms with Gasteiger partial charge in [-0.25, -0.2) is 4.68 Å². The first-order valence-electron chi connectivity index (χ1n) is 8.78. The van der Waals surface area contributed by atoms with Crippen LogP contribution in [0.5, 0.6) is 23.0 Å². The van der Waals surface area contributed by atoms with E-state index in [9.17, 15) is 9.59 Å². The molecule has 3 aromatic rings. The highest BCUT2D eigenvalue weighted by Crippen LogP contribution is 2.32. The summed E-state index contributed by atoms with van der Waals surface area (Å²) in [6.07, 6.45) is 0. The van der Waals surface area contributed by atoms with E-state index < -0.39 is 11.5 Å². The molecule has 29 heavy (non-hydrogen) atoms. The van der Waals surface area contributed by atoms with Gasteiger partial charge in [0.15, 0.2) is 11.5 Å². The maximum atomic E-state index is 12.8. The molecule has 0 spiro atoms. The number of nitrogens with one attached hydrogen (secondary N) is 1. The molecular formula is C19H18N4O6. The zero-order valence-corrected chi connectivity index (χ0v) is 15.8. The predicted molar refractivity (Wildman–Crippen MR) is 103 cm³/mol. The van der Waals surface area contributed by atoms with Crippen LogP contribution in [-0.2, 0) is 11.3 Å². The maximum absolute atomic E-state index is 12.8. The van der Waals surface area contributed by atoms with Gasteiger partial charge >= 0.3 is 0 Å². The molecule has 0 saturated heterocycles. The topological polar surface area (TPSA) is 114 Å². The van der Waals surface area contributed by atoms with Crippen molar-refractivity contribution in [1.29, 1.82) is 0 Å². The van der Waals surface area contributed by atoms with Gasteiger partial charge in [0.25, 0.3) is 5.56 Å². The van der Waals surface area contributed by atoms with Gasteiger partial charge in [0.2, 0.25) is 5.91 Å². The lowest BCUT2D eigenvalue weighted by atomic mass is 10.2. The van der Waals surface area contributed by atoms with E-state index in [1.54, 1.807) is 30.3 Å². The van der Waals surface area contributed by atoms with E-state index in [0.717, 1.165) is 4.68 Å². The van der Waals surface area contributed by atoms with E-state index in [4.69, 9.17) is 18.9 Å². The zero-order chi connectivity index (χ0) is 20.4. The Balaban J connectivity index is 1.60. The van der Waals surface area contributed by atoms with Crippen molar-refractivity contribution in [1.82, 2.24) is 15.0 Å². The minimum Gasteiger partial charge on any atom is -0.497 e. The number of nitrogens with zero attached hydrogens (tertiary/aromatic N) is 3. The van der Waals surface area contributed by atoms with E-state index in [-0.39, 0.29) is 11.9 Å². The Labute approximate surface area is 164 Å². The maximum Gasteiger partial charge on any atom is 0.278 e. The number of rotatable bonds is 5. The second-order valence-corrected chi connectivity index (χ2v) is 6.18. The molecule has 0 fully saturated rings. The van der Waals surface area contributed by atoms with Gasteiger partial charge in [-0.2, -0.15) is 0 Å². The number of aromatic nitrogens is 3. The van der Waals surface area contributed by atoms with E-state index in [0.29, 0.717) is 47.4 Å². The number of fused-ring (bicyclic) bond motifs is 2. The van der Waals surface area contributed by atoms with E-state index in [1.165, 1.54) is 14.2 Å². The molecule has 150 valence electrons. The van der Waals surface area contributed by atoms with Crippen molar-refractivity contribution in [2.75, 3.05) is 32.8 Å². The van der Waals surface area contributed by atoms with Gasteiger partial charge in [0, 0.05) is 12.1 Å². The van der Waals surface area contributed by atoms with Crippen molar-refractivity contribution in [3.05, 3.63) is 40.7 Å². The SMILES string of the molecule is COc1ccc(OC)c(NC(=O)Cn2nnc3cc4c(cc3c2=O)OCCO4)c1. The Kier molecular flexibility index (Phi) is 4.90. The second kappa shape index (κ2) is 7.66. The molecule has 1 aliphatic rings. The number of carbonyl (C=O) groups is 1. The number of ether oxygens (including phenoxy) is 4. The molecule has 10 nitrogen and oxygen atoms in total. The molecule has 1 N–H and O–H groups in total. The molecule has 0 atom stereocenters. The highest BCUT2D eigenvalue weighted by molar-refractivity contribution is 5.92. The molecule has 0 bridgehead atoms. The third-order valence-corrected chi connectivity index (χ3v) is 4.36. The van der Waals surface area contributed by atoms with Crippen LogP contribution in [0.25, 0.3) is 10.9 Å². The third-order valence-electron chi connectivity index (χ3n) is 4.36. The minimum absolute atomic E-state index is 0.288. The lowest BCUT2D eigenvalue weighted by Gasteiger charge is -2.18. The van der Waals surface area contributed by atoms with Gasteiger partial charge in [0.1, 0.15) is 36.8 Å². The summed E-state index contributed by atoms with van der Waals surface area (Å²) in [5.74, 6) is 1.52. The molecule has 0 radical (unpaired) electrons. The van der Waals surface area contributed by atoms with Crippen LogP contribution in [0.2, 0.25) is 0 Å². The van der Waals surface area contributed by atoms with Crippen LogP contribution in [0.3, 0.4) is 0 Å². The van der Waals surface area contributed by atoms with Crippen molar-refractivity contribution in [3.8, 4) is 23.0 Å². The van der Waals surface area contributed by atoms with Gasteiger partial charge in [0.05, 0.1) is 25.3 Å². The predicted octanol–water partition coefficient (Wildman–Crippen LogP) is 1.22. The van der Waals surface area contributed by atoms with E-state index in [1.807, 2.05) is 0 Å². The summed E-state index contributed by atoms with van der Waals surface area (Å²) < 4.78 is 22.4. The average Bonchev–Trinajstić information content (AvgIpc) is 2.74. The quantitative estimate of drug-likeness (QED) is 0.682. The molecule has 2 aromatic carbocycles. The third kappa shape index (κ3) is 3.64. The standard InChI is InChI=1S/C19H18N4O6/c1-26-11-3-4-15(27-2)14(7-11)20-18(24)10-23-19(25)12-8-16-17(29-6-5-28-16)9-13(12)21-22-23/h3-4,7-9H,5-6,10H2,1-2H3,(H,20,24). The molecule has 1 amide bonds. The second-order valence-electron chi connectivity index (χ2n) is 6.18. The van der Waals surface area contributed by atoms with Crippen LogP contribution in [0.4, 0.5) is 5.69 Å². The lowest BCUT2D eigenvalue weighted by Crippen LogP contribution is -2.30. The molecular weight excluding hydrogens is 380 g/mol. The fraction of sp³-hybridized carbons (Fsp3) is 0.263. The number of hydrogen-bond acceptors (Lipinski definition) is 8. The van der Waals surface area contributed by atoms with Gasteiger partial charge in [-0.05, 0) is 18.2 Å². The van der Waals surface area contributed by atoms with E-state index in [2.05, 4.69) is 15.6 Å². The number of carbonyl (C=O) groups excluding carboxylic acids is 1. The Morgan fingerprint density at radius 2 is 1.90 bits per heavy atom. The van der Waals surface area contributed by atoms with Crippen molar-refractivity contribution in [2.45, 2.75) is 6.54 Å². The first kappa shape index (κ1) is 18.5. The summed E-state index contributed by atoms with van der Waals surface area (Å²) in [5.41, 5.74) is 0.323. The molecule has 2 heterocycles. The highest BCUT2D eigenvalue weighted by Gasteiger charge is 2.17. The fourth-order valence-electron chi connectivity index (χ4n) is 2.95. The molecule has 0 unspecified atom stereocenters. The normalized spacial score (nSPS) is 12.5. The molecule has 0 saturated carbocycles. The monoisotopic (exact) mass is 398 g/mol. The van der Waals surface area contributed by atoms with Crippen molar-refractivity contribution in [2.24, 2.45) is 0 Å². The number of hydrogen-bond donors (Lipinski definition) is 1. The van der Waals surface area contributed by atoms with Crippen molar-refractivity contribution in [3.63, 3.8) is 0 Å². The van der Waals surface area contributed by atoms with Crippen LogP contribution in [0.15, 0.2) is 35.1 Å². The first-order valence-corrected chi connectivity index (χ1v) is 8.78. The largest absolute Gasteiger partial charge is 0.497 e. The average molecular weight is 398 g/mol. The summed E-state index contributed by atoms with van der Waals surface area (Å²) in [7, 11) is 3.01. The molecule has 10 heteroatoms. The molecule has 4 rings (SSSR count). The van der Waals surface area contributed by atoms with Crippen LogP contribution < -0.4 is 29.8 Å². The van der Waals surface area contributed by atoms with E-state index >= 15 is 0 Å². The van der Waals surface area contributed by atoms with Gasteiger partial charge in [-0.3, -0.25) is 9.59 Å². The Hall–Kier alpha value is -3.82. The summed E-state index contributed by atoms with van der Waals surface area (Å²) in [6.45, 7) is 0.503. The van der Waals surface area contributed by atoms with Gasteiger partial charge in [-0.15, -0.1) is 5.10 Å². The minimum atomic E-state index is -0.468. The fourth-order valence-corrected chi connectivity index (χ4v) is 2.95. The summed E-state index contributed by atoms with van der Waals surface area (Å²) in [6, 6.07) is 8.15. The van der Waals surface area contributed by atoms with Crippen molar-refractivity contribution >= 4 is 22.5 Å². The number of benzene rings is 2. The summed E-state index contributed by atoms with van der Waals surface area (Å²) >= 11 is 0. The Bertz CT molecular complexity index is 1140. The first-order chi connectivity index (χ1) is 14.1. The number of methoxy groups -OCH3 is 2. The lowest BCUT2D eigenvalue weighted by molar-refractivity contribution is -0.117. The summed E-state index contributed by atoms with van der Waals surface area (Å²) in [4.78, 5) is 25.3. The highest BCUT2D eigenvalue weighted by atomic mass is 16.6. The van der Waals surface area contributed by atoms with Crippen LogP contribution in [-0.4, -0.2) is 48.3 Å². The van der Waals surface area contributed by atoms with Crippen LogP contribution in [0, 0.1) is 0 Å².